The molecule has 0 unspecified atom stereocenters. The SMILES string of the molecule is Cc1nc(C)c(-n2nc(-c3ccc(F)cc3)cc2O)nc1C. The third kappa shape index (κ3) is 2.43. The van der Waals surface area contributed by atoms with Crippen LogP contribution in [0.15, 0.2) is 30.3 Å². The third-order valence-corrected chi connectivity index (χ3v) is 3.49. The van der Waals surface area contributed by atoms with Gasteiger partial charge in [-0.05, 0) is 45.0 Å². The molecule has 22 heavy (non-hydrogen) atoms. The molecular formula is C16H15FN4O. The quantitative estimate of drug-likeness (QED) is 0.789. The van der Waals surface area contributed by atoms with Crippen molar-refractivity contribution in [2.45, 2.75) is 20.8 Å². The van der Waals surface area contributed by atoms with Gasteiger partial charge in [-0.1, -0.05) is 0 Å². The van der Waals surface area contributed by atoms with Crippen molar-refractivity contribution in [3.05, 3.63) is 53.2 Å². The Morgan fingerprint density at radius 1 is 0.955 bits per heavy atom. The summed E-state index contributed by atoms with van der Waals surface area (Å²) >= 11 is 0. The van der Waals surface area contributed by atoms with Crippen molar-refractivity contribution in [1.82, 2.24) is 19.7 Å². The molecule has 0 aliphatic rings. The molecule has 0 amide bonds. The van der Waals surface area contributed by atoms with Gasteiger partial charge in [0.25, 0.3) is 0 Å². The van der Waals surface area contributed by atoms with Crippen LogP contribution >= 0.6 is 0 Å². The molecule has 0 radical (unpaired) electrons. The van der Waals surface area contributed by atoms with E-state index < -0.39 is 0 Å². The normalized spacial score (nSPS) is 10.9. The number of hydrogen-bond donors (Lipinski definition) is 1. The highest BCUT2D eigenvalue weighted by molar-refractivity contribution is 5.60. The standard InChI is InChI=1S/C16H15FN4O/c1-9-10(2)19-16(11(3)18-9)21-15(22)8-14(20-21)12-4-6-13(17)7-5-12/h4-8,22H,1-3H3. The Hall–Kier alpha value is -2.76. The van der Waals surface area contributed by atoms with Crippen LogP contribution in [-0.2, 0) is 0 Å². The predicted octanol–water partition coefficient (Wildman–Crippen LogP) is 3.10. The van der Waals surface area contributed by atoms with Gasteiger partial charge >= 0.3 is 0 Å². The van der Waals surface area contributed by atoms with Crippen LogP contribution in [0, 0.1) is 26.6 Å². The smallest absolute Gasteiger partial charge is 0.216 e. The van der Waals surface area contributed by atoms with Crippen LogP contribution < -0.4 is 0 Å². The first kappa shape index (κ1) is 14.2. The molecule has 1 N–H and O–H groups in total. The Morgan fingerprint density at radius 2 is 1.59 bits per heavy atom. The van der Waals surface area contributed by atoms with Gasteiger partial charge in [-0.2, -0.15) is 9.78 Å². The molecule has 0 saturated heterocycles. The van der Waals surface area contributed by atoms with Crippen molar-refractivity contribution in [2.75, 3.05) is 0 Å². The zero-order chi connectivity index (χ0) is 15.9. The molecule has 1 aromatic carbocycles. The largest absolute Gasteiger partial charge is 0.493 e. The van der Waals surface area contributed by atoms with E-state index in [1.165, 1.54) is 22.9 Å². The number of aryl methyl sites for hydroxylation is 3. The summed E-state index contributed by atoms with van der Waals surface area (Å²) in [7, 11) is 0. The second-order valence-corrected chi connectivity index (χ2v) is 5.11. The van der Waals surface area contributed by atoms with E-state index in [4.69, 9.17) is 0 Å². The minimum atomic E-state index is -0.316. The maximum absolute atomic E-state index is 13.0. The van der Waals surface area contributed by atoms with E-state index in [2.05, 4.69) is 15.1 Å². The first-order valence-corrected chi connectivity index (χ1v) is 6.83. The van der Waals surface area contributed by atoms with Gasteiger partial charge in [0, 0.05) is 11.6 Å². The highest BCUT2D eigenvalue weighted by atomic mass is 19.1. The summed E-state index contributed by atoms with van der Waals surface area (Å²) in [5.74, 6) is 0.122. The Labute approximate surface area is 127 Å². The molecule has 0 atom stereocenters. The third-order valence-electron chi connectivity index (χ3n) is 3.49. The lowest BCUT2D eigenvalue weighted by molar-refractivity contribution is 0.431. The summed E-state index contributed by atoms with van der Waals surface area (Å²) in [5.41, 5.74) is 3.54. The molecule has 0 aliphatic heterocycles. The number of nitrogens with zero attached hydrogens (tertiary/aromatic N) is 4. The Balaban J connectivity index is 2.10. The van der Waals surface area contributed by atoms with E-state index in [0.29, 0.717) is 22.8 Å². The lowest BCUT2D eigenvalue weighted by atomic mass is 10.1. The predicted molar refractivity (Wildman–Crippen MR) is 80.4 cm³/mol. The highest BCUT2D eigenvalue weighted by Crippen LogP contribution is 2.26. The number of rotatable bonds is 2. The van der Waals surface area contributed by atoms with E-state index in [1.807, 2.05) is 20.8 Å². The van der Waals surface area contributed by atoms with Gasteiger partial charge in [-0.15, -0.1) is 0 Å². The zero-order valence-corrected chi connectivity index (χ0v) is 12.5. The zero-order valence-electron chi connectivity index (χ0n) is 12.5. The number of hydrogen-bond acceptors (Lipinski definition) is 4. The minimum absolute atomic E-state index is 0.0417. The van der Waals surface area contributed by atoms with Gasteiger partial charge in [0.05, 0.1) is 22.8 Å². The Morgan fingerprint density at radius 3 is 2.27 bits per heavy atom. The van der Waals surface area contributed by atoms with Crippen molar-refractivity contribution >= 4 is 0 Å². The van der Waals surface area contributed by atoms with Crippen LogP contribution in [0.3, 0.4) is 0 Å². The summed E-state index contributed by atoms with van der Waals surface area (Å²) in [6, 6.07) is 7.45. The lowest BCUT2D eigenvalue weighted by Crippen LogP contribution is -2.07. The molecule has 0 aliphatic carbocycles. The van der Waals surface area contributed by atoms with Crippen LogP contribution in [0.25, 0.3) is 17.1 Å². The highest BCUT2D eigenvalue weighted by Gasteiger charge is 2.15. The fourth-order valence-electron chi connectivity index (χ4n) is 2.19. The Bertz CT molecular complexity index is 840. The van der Waals surface area contributed by atoms with Crippen molar-refractivity contribution in [1.29, 1.82) is 0 Å². The monoisotopic (exact) mass is 298 g/mol. The first-order valence-electron chi connectivity index (χ1n) is 6.83. The van der Waals surface area contributed by atoms with Crippen LogP contribution in [0.2, 0.25) is 0 Å². The van der Waals surface area contributed by atoms with Gasteiger partial charge < -0.3 is 5.11 Å². The van der Waals surface area contributed by atoms with Gasteiger partial charge in [0.1, 0.15) is 5.82 Å². The molecule has 0 spiro atoms. The number of aromatic hydroxyl groups is 1. The number of halogens is 1. The van der Waals surface area contributed by atoms with E-state index >= 15 is 0 Å². The number of aromatic nitrogens is 4. The summed E-state index contributed by atoms with van der Waals surface area (Å²) in [5, 5.41) is 14.5. The lowest BCUT2D eigenvalue weighted by Gasteiger charge is -2.08. The topological polar surface area (TPSA) is 63.8 Å². The van der Waals surface area contributed by atoms with Gasteiger partial charge in [0.2, 0.25) is 5.88 Å². The summed E-state index contributed by atoms with van der Waals surface area (Å²) in [6.45, 7) is 5.55. The summed E-state index contributed by atoms with van der Waals surface area (Å²) < 4.78 is 14.3. The molecule has 6 heteroatoms. The Kier molecular flexibility index (Phi) is 3.36. The maximum Gasteiger partial charge on any atom is 0.216 e. The fourth-order valence-corrected chi connectivity index (χ4v) is 2.19. The fraction of sp³-hybridized carbons (Fsp3) is 0.188. The van der Waals surface area contributed by atoms with E-state index in [0.717, 1.165) is 11.4 Å². The molecule has 112 valence electrons. The van der Waals surface area contributed by atoms with Crippen molar-refractivity contribution < 1.29 is 9.50 Å². The molecule has 2 aromatic heterocycles. The summed E-state index contributed by atoms with van der Waals surface area (Å²) in [6.07, 6.45) is 0. The van der Waals surface area contributed by atoms with Gasteiger partial charge in [-0.25, -0.2) is 9.37 Å². The van der Waals surface area contributed by atoms with E-state index in [1.54, 1.807) is 12.1 Å². The second-order valence-electron chi connectivity index (χ2n) is 5.11. The van der Waals surface area contributed by atoms with Gasteiger partial charge in [0.15, 0.2) is 5.82 Å². The minimum Gasteiger partial charge on any atom is -0.493 e. The average Bonchev–Trinajstić information content (AvgIpc) is 2.85. The molecule has 0 fully saturated rings. The van der Waals surface area contributed by atoms with Crippen LogP contribution in [0.5, 0.6) is 5.88 Å². The number of benzene rings is 1. The van der Waals surface area contributed by atoms with E-state index in [-0.39, 0.29) is 11.7 Å². The molecule has 3 aromatic rings. The average molecular weight is 298 g/mol. The first-order chi connectivity index (χ1) is 10.5. The van der Waals surface area contributed by atoms with Crippen LogP contribution in [0.1, 0.15) is 17.1 Å². The second kappa shape index (κ2) is 5.22. The van der Waals surface area contributed by atoms with Gasteiger partial charge in [-0.3, -0.25) is 4.98 Å². The van der Waals surface area contributed by atoms with Crippen LogP contribution in [-0.4, -0.2) is 24.9 Å². The van der Waals surface area contributed by atoms with Crippen molar-refractivity contribution in [3.8, 4) is 23.0 Å². The molecule has 0 bridgehead atoms. The summed E-state index contributed by atoms with van der Waals surface area (Å²) in [4.78, 5) is 8.84. The molecule has 3 rings (SSSR count). The van der Waals surface area contributed by atoms with Crippen molar-refractivity contribution in [2.24, 2.45) is 0 Å². The van der Waals surface area contributed by atoms with E-state index in [9.17, 15) is 9.50 Å². The molecule has 2 heterocycles. The van der Waals surface area contributed by atoms with Crippen LogP contribution in [0.4, 0.5) is 4.39 Å². The molecule has 0 saturated carbocycles. The van der Waals surface area contributed by atoms with Crippen molar-refractivity contribution in [3.63, 3.8) is 0 Å². The molecule has 5 nitrogen and oxygen atoms in total. The maximum atomic E-state index is 13.0. The molecular weight excluding hydrogens is 283 g/mol.